The Balaban J connectivity index is 1.55. The van der Waals surface area contributed by atoms with Gasteiger partial charge in [-0.1, -0.05) is 29.8 Å². The lowest BCUT2D eigenvalue weighted by Gasteiger charge is -2.13. The molecule has 0 aliphatic rings. The molecule has 0 fully saturated rings. The third-order valence-electron chi connectivity index (χ3n) is 6.83. The molecule has 3 heterocycles. The van der Waals surface area contributed by atoms with E-state index < -0.39 is 5.97 Å². The Morgan fingerprint density at radius 1 is 1.08 bits per heavy atom. The molecule has 0 aliphatic carbocycles. The minimum absolute atomic E-state index is 0.0908. The van der Waals surface area contributed by atoms with Gasteiger partial charge >= 0.3 is 5.97 Å². The molecule has 3 aromatic carbocycles. The van der Waals surface area contributed by atoms with Crippen molar-refractivity contribution in [3.05, 3.63) is 83.1 Å². The van der Waals surface area contributed by atoms with Gasteiger partial charge in [-0.25, -0.2) is 4.98 Å². The largest absolute Gasteiger partial charge is 0.494 e. The number of rotatable bonds is 6. The van der Waals surface area contributed by atoms with Gasteiger partial charge in [0.25, 0.3) is 0 Å². The molecular formula is C30H23ClN4O3S. The first kappa shape index (κ1) is 25.0. The highest BCUT2D eigenvalue weighted by Gasteiger charge is 2.21. The van der Waals surface area contributed by atoms with E-state index in [2.05, 4.69) is 16.1 Å². The maximum Gasteiger partial charge on any atom is 0.307 e. The number of pyridine rings is 1. The number of aromatic nitrogens is 4. The van der Waals surface area contributed by atoms with Crippen molar-refractivity contribution in [2.45, 2.75) is 13.3 Å². The van der Waals surface area contributed by atoms with Crippen molar-refractivity contribution in [2.75, 3.05) is 7.11 Å². The molecule has 0 saturated heterocycles. The molecule has 0 radical (unpaired) electrons. The molecule has 1 N–H and O–H groups in total. The van der Waals surface area contributed by atoms with E-state index in [-0.39, 0.29) is 6.42 Å². The lowest BCUT2D eigenvalue weighted by Crippen LogP contribution is -2.04. The molecule has 0 unspecified atom stereocenters. The summed E-state index contributed by atoms with van der Waals surface area (Å²) in [6.07, 6.45) is 3.46. The van der Waals surface area contributed by atoms with Gasteiger partial charge in [-0.3, -0.25) is 14.5 Å². The molecule has 0 aliphatic heterocycles. The molecule has 6 aromatic rings. The van der Waals surface area contributed by atoms with Crippen LogP contribution in [0.5, 0.6) is 5.75 Å². The predicted octanol–water partition coefficient (Wildman–Crippen LogP) is 7.18. The zero-order valence-electron chi connectivity index (χ0n) is 21.4. The number of aliphatic carboxylic acids is 1. The third-order valence-corrected chi connectivity index (χ3v) is 8.21. The monoisotopic (exact) mass is 554 g/mol. The number of methoxy groups -OCH3 is 1. The first-order valence-electron chi connectivity index (χ1n) is 12.2. The summed E-state index contributed by atoms with van der Waals surface area (Å²) in [6.45, 7) is 1.93. The van der Waals surface area contributed by atoms with E-state index in [1.54, 1.807) is 13.3 Å². The summed E-state index contributed by atoms with van der Waals surface area (Å²) in [7, 11) is 3.53. The number of halogens is 1. The Kier molecular flexibility index (Phi) is 6.29. The Morgan fingerprint density at radius 2 is 1.85 bits per heavy atom. The quantitative estimate of drug-likeness (QED) is 0.234. The van der Waals surface area contributed by atoms with Gasteiger partial charge in [-0.05, 0) is 60.0 Å². The molecule has 3 aromatic heterocycles. The summed E-state index contributed by atoms with van der Waals surface area (Å²) in [5.74, 6) is -0.279. The van der Waals surface area contributed by atoms with Crippen LogP contribution >= 0.6 is 22.9 Å². The third kappa shape index (κ3) is 4.51. The van der Waals surface area contributed by atoms with Crippen LogP contribution in [0.1, 0.15) is 11.1 Å². The van der Waals surface area contributed by atoms with Crippen LogP contribution in [-0.2, 0) is 18.3 Å². The number of hydrogen-bond donors (Lipinski definition) is 1. The maximum atomic E-state index is 11.8. The van der Waals surface area contributed by atoms with Crippen LogP contribution < -0.4 is 4.74 Å². The lowest BCUT2D eigenvalue weighted by molar-refractivity contribution is -0.136. The highest BCUT2D eigenvalue weighted by molar-refractivity contribution is 7.22. The fraction of sp³-hybridized carbons (Fsp3) is 0.133. The minimum Gasteiger partial charge on any atom is -0.494 e. The first-order chi connectivity index (χ1) is 18.8. The average molecular weight is 555 g/mol. The van der Waals surface area contributed by atoms with Crippen molar-refractivity contribution >= 4 is 50.0 Å². The van der Waals surface area contributed by atoms with E-state index in [1.165, 1.54) is 11.3 Å². The molecule has 0 amide bonds. The summed E-state index contributed by atoms with van der Waals surface area (Å²) in [5, 5.41) is 16.4. The number of benzene rings is 3. The van der Waals surface area contributed by atoms with Crippen LogP contribution in [0.15, 0.2) is 67.0 Å². The lowest BCUT2D eigenvalue weighted by atomic mass is 9.93. The topological polar surface area (TPSA) is 90.1 Å². The van der Waals surface area contributed by atoms with E-state index in [4.69, 9.17) is 21.3 Å². The number of thiazole rings is 1. The molecular weight excluding hydrogens is 532 g/mol. The number of aryl methyl sites for hydroxylation is 2. The molecule has 39 heavy (non-hydrogen) atoms. The van der Waals surface area contributed by atoms with E-state index in [0.717, 1.165) is 65.2 Å². The summed E-state index contributed by atoms with van der Waals surface area (Å²) < 4.78 is 8.43. The second-order valence-corrected chi connectivity index (χ2v) is 10.7. The molecule has 9 heteroatoms. The van der Waals surface area contributed by atoms with Gasteiger partial charge in [0.05, 0.1) is 52.9 Å². The SMILES string of the molecule is COc1cnc(-c2ccc3c(cnn3C)c2)cc1-c1nc2cc(C)c(CC(=O)O)c(-c3ccc(Cl)cc3)c2s1. The zero-order chi connectivity index (χ0) is 27.3. The molecule has 0 spiro atoms. The number of fused-ring (bicyclic) bond motifs is 2. The fourth-order valence-corrected chi connectivity index (χ4v) is 6.19. The Bertz CT molecular complexity index is 1890. The highest BCUT2D eigenvalue weighted by atomic mass is 35.5. The molecule has 0 bridgehead atoms. The van der Waals surface area contributed by atoms with Gasteiger partial charge in [-0.2, -0.15) is 5.10 Å². The summed E-state index contributed by atoms with van der Waals surface area (Å²) in [6, 6.07) is 17.5. The van der Waals surface area contributed by atoms with E-state index in [1.807, 2.05) is 73.4 Å². The van der Waals surface area contributed by atoms with Gasteiger partial charge in [0.15, 0.2) is 0 Å². The zero-order valence-corrected chi connectivity index (χ0v) is 23.0. The standard InChI is InChI=1S/C30H23ClN4O3S/c1-16-10-24-29(28(21(16)13-27(36)37)17-4-7-20(31)8-5-17)39-30(34-24)22-12-23(32-15-26(22)38-3)18-6-9-25-19(11-18)14-33-35(25)2/h4-12,14-15H,13H2,1-3H3,(H,36,37). The number of hydrogen-bond acceptors (Lipinski definition) is 6. The van der Waals surface area contributed by atoms with Crippen LogP contribution in [0.4, 0.5) is 0 Å². The molecule has 0 saturated carbocycles. The second kappa shape index (κ2) is 9.80. The normalized spacial score (nSPS) is 11.4. The van der Waals surface area contributed by atoms with Crippen LogP contribution in [0, 0.1) is 6.92 Å². The van der Waals surface area contributed by atoms with Crippen molar-refractivity contribution < 1.29 is 14.6 Å². The molecule has 194 valence electrons. The van der Waals surface area contributed by atoms with Gasteiger partial charge in [0.1, 0.15) is 10.8 Å². The van der Waals surface area contributed by atoms with Crippen molar-refractivity contribution in [3.63, 3.8) is 0 Å². The number of carbonyl (C=O) groups is 1. The van der Waals surface area contributed by atoms with Gasteiger partial charge < -0.3 is 9.84 Å². The van der Waals surface area contributed by atoms with Gasteiger partial charge in [-0.15, -0.1) is 11.3 Å². The molecule has 0 atom stereocenters. The van der Waals surface area contributed by atoms with Crippen LogP contribution in [-0.4, -0.2) is 37.9 Å². The second-order valence-electron chi connectivity index (χ2n) is 9.30. The Morgan fingerprint density at radius 3 is 2.59 bits per heavy atom. The average Bonchev–Trinajstić information content (AvgIpc) is 3.52. The van der Waals surface area contributed by atoms with Crippen molar-refractivity contribution in [2.24, 2.45) is 7.05 Å². The van der Waals surface area contributed by atoms with E-state index in [0.29, 0.717) is 10.8 Å². The van der Waals surface area contributed by atoms with Gasteiger partial charge in [0, 0.05) is 28.6 Å². The van der Waals surface area contributed by atoms with Crippen molar-refractivity contribution in [1.82, 2.24) is 19.7 Å². The van der Waals surface area contributed by atoms with E-state index >= 15 is 0 Å². The smallest absolute Gasteiger partial charge is 0.307 e. The van der Waals surface area contributed by atoms with Crippen molar-refractivity contribution in [3.8, 4) is 38.7 Å². The van der Waals surface area contributed by atoms with Crippen molar-refractivity contribution in [1.29, 1.82) is 0 Å². The maximum absolute atomic E-state index is 11.8. The number of nitrogens with zero attached hydrogens (tertiary/aromatic N) is 4. The molecule has 6 rings (SSSR count). The Labute approximate surface area is 233 Å². The predicted molar refractivity (Wildman–Crippen MR) is 156 cm³/mol. The molecule has 7 nitrogen and oxygen atoms in total. The summed E-state index contributed by atoms with van der Waals surface area (Å²) >= 11 is 7.67. The van der Waals surface area contributed by atoms with Crippen LogP contribution in [0.3, 0.4) is 0 Å². The van der Waals surface area contributed by atoms with Crippen LogP contribution in [0.2, 0.25) is 5.02 Å². The van der Waals surface area contributed by atoms with E-state index in [9.17, 15) is 9.90 Å². The first-order valence-corrected chi connectivity index (χ1v) is 13.4. The summed E-state index contributed by atoms with van der Waals surface area (Å²) in [4.78, 5) is 21.4. The summed E-state index contributed by atoms with van der Waals surface area (Å²) in [5.41, 5.74) is 7.80. The van der Waals surface area contributed by atoms with Gasteiger partial charge in [0.2, 0.25) is 0 Å². The fourth-order valence-electron chi connectivity index (χ4n) is 4.90. The number of carboxylic acid groups (broad SMARTS) is 1. The number of ether oxygens (including phenoxy) is 1. The van der Waals surface area contributed by atoms with Crippen LogP contribution in [0.25, 0.3) is 54.1 Å². The number of carboxylic acids is 1. The Hall–Kier alpha value is -4.27. The highest BCUT2D eigenvalue weighted by Crippen LogP contribution is 2.43. The minimum atomic E-state index is -0.886.